The Morgan fingerprint density at radius 1 is 1.38 bits per heavy atom. The van der Waals surface area contributed by atoms with Gasteiger partial charge >= 0.3 is 6.18 Å². The molecule has 0 aromatic heterocycles. The van der Waals surface area contributed by atoms with Crippen molar-refractivity contribution in [3.63, 3.8) is 0 Å². The number of alkyl halides is 3. The minimum atomic E-state index is -4.54. The second-order valence-electron chi connectivity index (χ2n) is 5.44. The summed E-state index contributed by atoms with van der Waals surface area (Å²) in [4.78, 5) is 13.6. The summed E-state index contributed by atoms with van der Waals surface area (Å²) in [6.07, 6.45) is -4.54. The number of nitrogens with one attached hydrogen (secondary N) is 1. The molecule has 0 aliphatic heterocycles. The number of hydrogen-bond donors (Lipinski definition) is 2. The molecule has 0 radical (unpaired) electrons. The van der Waals surface area contributed by atoms with Gasteiger partial charge in [-0.15, -0.1) is 0 Å². The van der Waals surface area contributed by atoms with E-state index in [0.29, 0.717) is 5.92 Å². The van der Waals surface area contributed by atoms with Gasteiger partial charge in [-0.25, -0.2) is 0 Å². The second-order valence-corrected chi connectivity index (χ2v) is 5.44. The molecule has 0 spiro atoms. The van der Waals surface area contributed by atoms with E-state index in [-0.39, 0.29) is 23.8 Å². The van der Waals surface area contributed by atoms with Crippen molar-refractivity contribution >= 4 is 17.3 Å². The predicted octanol–water partition coefficient (Wildman–Crippen LogP) is 2.81. The van der Waals surface area contributed by atoms with Crippen LogP contribution >= 0.6 is 0 Å². The van der Waals surface area contributed by atoms with Gasteiger partial charge in [0.05, 0.1) is 12.1 Å². The normalized spacial score (nSPS) is 12.0. The van der Waals surface area contributed by atoms with Crippen molar-refractivity contribution in [2.45, 2.75) is 20.0 Å². The summed E-state index contributed by atoms with van der Waals surface area (Å²) in [6, 6.07) is 3.33. The van der Waals surface area contributed by atoms with Crippen LogP contribution < -0.4 is 11.1 Å². The average Bonchev–Trinajstić information content (AvgIpc) is 2.28. The topological polar surface area (TPSA) is 58.4 Å². The van der Waals surface area contributed by atoms with Gasteiger partial charge in [-0.05, 0) is 31.2 Å². The van der Waals surface area contributed by atoms with Crippen molar-refractivity contribution in [3.05, 3.63) is 23.8 Å². The van der Waals surface area contributed by atoms with Crippen LogP contribution in [0.1, 0.15) is 19.4 Å². The van der Waals surface area contributed by atoms with Crippen LogP contribution in [0.2, 0.25) is 0 Å². The molecule has 4 nitrogen and oxygen atoms in total. The first-order chi connectivity index (χ1) is 9.59. The first-order valence-electron chi connectivity index (χ1n) is 6.54. The number of anilines is 2. The maximum absolute atomic E-state index is 12.7. The lowest BCUT2D eigenvalue weighted by molar-refractivity contribution is -0.136. The van der Waals surface area contributed by atoms with E-state index in [0.717, 1.165) is 18.7 Å². The Morgan fingerprint density at radius 2 is 2.00 bits per heavy atom. The van der Waals surface area contributed by atoms with Gasteiger partial charge in [-0.1, -0.05) is 13.8 Å². The van der Waals surface area contributed by atoms with Crippen molar-refractivity contribution < 1.29 is 18.0 Å². The highest BCUT2D eigenvalue weighted by Gasteiger charge is 2.33. The quantitative estimate of drug-likeness (QED) is 0.822. The lowest BCUT2D eigenvalue weighted by Crippen LogP contribution is -2.32. The molecule has 0 saturated carbocycles. The molecule has 0 heterocycles. The molecular formula is C14H20F3N3O. The molecule has 1 rings (SSSR count). The first-order valence-corrected chi connectivity index (χ1v) is 6.54. The van der Waals surface area contributed by atoms with Crippen LogP contribution in [0.25, 0.3) is 0 Å². The molecule has 1 aromatic rings. The van der Waals surface area contributed by atoms with Gasteiger partial charge in [0.2, 0.25) is 5.91 Å². The molecule has 0 aliphatic carbocycles. The molecule has 3 N–H and O–H groups in total. The van der Waals surface area contributed by atoms with Crippen molar-refractivity contribution in [2.24, 2.45) is 5.92 Å². The fourth-order valence-corrected chi connectivity index (χ4v) is 2.01. The summed E-state index contributed by atoms with van der Waals surface area (Å²) in [6.45, 7) is 4.88. The highest BCUT2D eigenvalue weighted by molar-refractivity contribution is 5.92. The lowest BCUT2D eigenvalue weighted by Gasteiger charge is -2.18. The number of amides is 1. The summed E-state index contributed by atoms with van der Waals surface area (Å²) in [5.41, 5.74) is 4.07. The third-order valence-corrected chi connectivity index (χ3v) is 2.73. The molecule has 0 saturated heterocycles. The highest BCUT2D eigenvalue weighted by atomic mass is 19.4. The van der Waals surface area contributed by atoms with Crippen molar-refractivity contribution in [1.82, 2.24) is 4.90 Å². The molecule has 0 bridgehead atoms. The van der Waals surface area contributed by atoms with Crippen molar-refractivity contribution in [3.8, 4) is 0 Å². The number of hydrogen-bond acceptors (Lipinski definition) is 3. The third kappa shape index (κ3) is 5.63. The zero-order valence-electron chi connectivity index (χ0n) is 12.3. The Hall–Kier alpha value is -1.76. The van der Waals surface area contributed by atoms with Crippen LogP contribution in [0.3, 0.4) is 0 Å². The third-order valence-electron chi connectivity index (χ3n) is 2.73. The SMILES string of the molecule is CC(C)CN(C)CC(=O)Nc1ccc(N)c(C(F)(F)F)c1. The minimum absolute atomic E-state index is 0.0828. The molecule has 0 atom stereocenters. The summed E-state index contributed by atoms with van der Waals surface area (Å²) in [7, 11) is 1.78. The molecule has 118 valence electrons. The van der Waals surface area contributed by atoms with Gasteiger partial charge in [0.15, 0.2) is 0 Å². The smallest absolute Gasteiger partial charge is 0.398 e. The predicted molar refractivity (Wildman–Crippen MR) is 76.8 cm³/mol. The number of carbonyl (C=O) groups is 1. The molecule has 21 heavy (non-hydrogen) atoms. The van der Waals surface area contributed by atoms with Crippen LogP contribution in [0.5, 0.6) is 0 Å². The van der Waals surface area contributed by atoms with E-state index in [2.05, 4.69) is 5.32 Å². The number of halogens is 3. The zero-order valence-corrected chi connectivity index (χ0v) is 12.3. The summed E-state index contributed by atoms with van der Waals surface area (Å²) >= 11 is 0. The molecular weight excluding hydrogens is 283 g/mol. The fraction of sp³-hybridized carbons (Fsp3) is 0.500. The van der Waals surface area contributed by atoms with E-state index < -0.39 is 11.7 Å². The van der Waals surface area contributed by atoms with E-state index in [4.69, 9.17) is 5.73 Å². The standard InChI is InChI=1S/C14H20F3N3O/c1-9(2)7-20(3)8-13(21)19-10-4-5-12(18)11(6-10)14(15,16)17/h4-6,9H,7-8,18H2,1-3H3,(H,19,21). The van der Waals surface area contributed by atoms with Gasteiger partial charge in [0, 0.05) is 17.9 Å². The van der Waals surface area contributed by atoms with E-state index in [9.17, 15) is 18.0 Å². The Kier molecular flexibility index (Phi) is 5.60. The lowest BCUT2D eigenvalue weighted by atomic mass is 10.1. The van der Waals surface area contributed by atoms with E-state index in [1.54, 1.807) is 7.05 Å². The second kappa shape index (κ2) is 6.80. The molecule has 0 aliphatic rings. The van der Waals surface area contributed by atoms with Crippen LogP contribution in [0, 0.1) is 5.92 Å². The van der Waals surface area contributed by atoms with Crippen molar-refractivity contribution in [2.75, 3.05) is 31.2 Å². The van der Waals surface area contributed by atoms with Gasteiger partial charge in [-0.2, -0.15) is 13.2 Å². The van der Waals surface area contributed by atoms with Crippen molar-refractivity contribution in [1.29, 1.82) is 0 Å². The number of nitrogen functional groups attached to an aromatic ring is 1. The number of carbonyl (C=O) groups excluding carboxylic acids is 1. The van der Waals surface area contributed by atoms with Crippen LogP contribution in [-0.4, -0.2) is 30.9 Å². The molecule has 7 heteroatoms. The van der Waals surface area contributed by atoms with E-state index in [1.165, 1.54) is 6.07 Å². The van der Waals surface area contributed by atoms with Crippen LogP contribution in [0.4, 0.5) is 24.5 Å². The number of rotatable bonds is 5. The van der Waals surface area contributed by atoms with Gasteiger partial charge in [0.25, 0.3) is 0 Å². The zero-order chi connectivity index (χ0) is 16.2. The van der Waals surface area contributed by atoms with Crippen LogP contribution in [0.15, 0.2) is 18.2 Å². The van der Waals surface area contributed by atoms with Gasteiger partial charge in [0.1, 0.15) is 0 Å². The first kappa shape index (κ1) is 17.3. The Morgan fingerprint density at radius 3 is 2.52 bits per heavy atom. The highest BCUT2D eigenvalue weighted by Crippen LogP contribution is 2.35. The van der Waals surface area contributed by atoms with E-state index >= 15 is 0 Å². The average molecular weight is 303 g/mol. The Balaban J connectivity index is 2.73. The molecule has 1 amide bonds. The largest absolute Gasteiger partial charge is 0.418 e. The fourth-order valence-electron chi connectivity index (χ4n) is 2.01. The molecule has 0 unspecified atom stereocenters. The van der Waals surface area contributed by atoms with Gasteiger partial charge in [-0.3, -0.25) is 9.69 Å². The van der Waals surface area contributed by atoms with E-state index in [1.807, 2.05) is 18.7 Å². The van der Waals surface area contributed by atoms with Gasteiger partial charge < -0.3 is 11.1 Å². The maximum atomic E-state index is 12.7. The summed E-state index contributed by atoms with van der Waals surface area (Å²) in [5.74, 6) is 0.0344. The number of benzene rings is 1. The minimum Gasteiger partial charge on any atom is -0.398 e. The number of nitrogens with two attached hydrogens (primary N) is 1. The monoisotopic (exact) mass is 303 g/mol. The molecule has 0 fully saturated rings. The van der Waals surface area contributed by atoms with Crippen LogP contribution in [-0.2, 0) is 11.0 Å². The Labute approximate surface area is 122 Å². The summed E-state index contributed by atoms with van der Waals surface area (Å²) in [5, 5.41) is 2.45. The number of nitrogens with zero attached hydrogens (tertiary/aromatic N) is 1. The molecule has 1 aromatic carbocycles. The maximum Gasteiger partial charge on any atom is 0.418 e. The number of likely N-dealkylation sites (N-methyl/N-ethyl adjacent to an activating group) is 1. The Bertz CT molecular complexity index is 501. The summed E-state index contributed by atoms with van der Waals surface area (Å²) < 4.78 is 38.2.